The molecule has 0 aromatic heterocycles. The van der Waals surface area contributed by atoms with Gasteiger partial charge in [-0.25, -0.2) is 14.4 Å². The quantitative estimate of drug-likeness (QED) is 0.329. The Morgan fingerprint density at radius 3 is 2.12 bits per heavy atom. The molecule has 0 spiro atoms. The van der Waals surface area contributed by atoms with Gasteiger partial charge >= 0.3 is 23.5 Å². The Bertz CT molecular complexity index is 661. The summed E-state index contributed by atoms with van der Waals surface area (Å²) < 4.78 is 16.0. The summed E-state index contributed by atoms with van der Waals surface area (Å²) in [7, 11) is 0. The number of benzene rings is 1. The van der Waals surface area contributed by atoms with Gasteiger partial charge in [0.05, 0.1) is 19.1 Å². The number of hydrogen-bond acceptors (Lipinski definition) is 6. The normalized spacial score (nSPS) is 18.9. The molecule has 1 aliphatic heterocycles. The standard InChI is InChI=1S/C17H17BrO6/c1-4-22-15(20)17(16(21)23-5-2)13(10(3)14(19)24-17)11-6-8-12(18)9-7-11/h6-9,13H,3-5H2,1-2H3/t13-/m0/s1. The maximum Gasteiger partial charge on any atom is 0.363 e. The fraction of sp³-hybridized carbons (Fsp3) is 0.353. The first-order valence-electron chi connectivity index (χ1n) is 7.40. The summed E-state index contributed by atoms with van der Waals surface area (Å²) in [5.41, 5.74) is -1.69. The van der Waals surface area contributed by atoms with Gasteiger partial charge in [0.2, 0.25) is 0 Å². The second kappa shape index (κ2) is 7.17. The Morgan fingerprint density at radius 2 is 1.67 bits per heavy atom. The van der Waals surface area contributed by atoms with E-state index in [1.165, 1.54) is 0 Å². The lowest BCUT2D eigenvalue weighted by Crippen LogP contribution is -2.52. The van der Waals surface area contributed by atoms with E-state index < -0.39 is 29.4 Å². The molecule has 6 nitrogen and oxygen atoms in total. The van der Waals surface area contributed by atoms with E-state index in [-0.39, 0.29) is 18.8 Å². The predicted octanol–water partition coefficient (Wildman–Crippen LogP) is 2.51. The Morgan fingerprint density at radius 1 is 1.17 bits per heavy atom. The molecule has 0 unspecified atom stereocenters. The van der Waals surface area contributed by atoms with Gasteiger partial charge in [-0.3, -0.25) is 0 Å². The van der Waals surface area contributed by atoms with Gasteiger partial charge in [-0.1, -0.05) is 34.6 Å². The number of halogens is 1. The fourth-order valence-corrected chi connectivity index (χ4v) is 2.87. The molecular formula is C17H17BrO6. The molecule has 0 bridgehead atoms. The summed E-state index contributed by atoms with van der Waals surface area (Å²) in [5.74, 6) is -3.79. The summed E-state index contributed by atoms with van der Waals surface area (Å²) in [4.78, 5) is 37.3. The minimum absolute atomic E-state index is 0.00146. The lowest BCUT2D eigenvalue weighted by atomic mass is 9.79. The molecule has 1 aliphatic rings. The van der Waals surface area contributed by atoms with E-state index in [0.717, 1.165) is 4.47 Å². The topological polar surface area (TPSA) is 78.9 Å². The van der Waals surface area contributed by atoms with Gasteiger partial charge in [0.1, 0.15) is 0 Å². The van der Waals surface area contributed by atoms with Crippen molar-refractivity contribution in [2.24, 2.45) is 0 Å². The maximum atomic E-state index is 12.6. The number of rotatable bonds is 5. The Kier molecular flexibility index (Phi) is 5.43. The molecule has 2 rings (SSSR count). The molecule has 0 N–H and O–H groups in total. The molecule has 128 valence electrons. The van der Waals surface area contributed by atoms with Crippen LogP contribution in [0, 0.1) is 0 Å². The monoisotopic (exact) mass is 396 g/mol. The summed E-state index contributed by atoms with van der Waals surface area (Å²) >= 11 is 3.31. The van der Waals surface area contributed by atoms with Crippen LogP contribution in [0.25, 0.3) is 0 Å². The summed E-state index contributed by atoms with van der Waals surface area (Å²) in [6.07, 6.45) is 0. The highest BCUT2D eigenvalue weighted by Gasteiger charge is 2.65. The SMILES string of the molecule is C=C1C(=O)OC(C(=O)OCC)(C(=O)OCC)[C@@H]1c1ccc(Br)cc1. The van der Waals surface area contributed by atoms with E-state index >= 15 is 0 Å². The van der Waals surface area contributed by atoms with Gasteiger partial charge in [-0.2, -0.15) is 0 Å². The predicted molar refractivity (Wildman–Crippen MR) is 88.1 cm³/mol. The van der Waals surface area contributed by atoms with E-state index in [0.29, 0.717) is 5.56 Å². The van der Waals surface area contributed by atoms with Crippen molar-refractivity contribution in [1.82, 2.24) is 0 Å². The van der Waals surface area contributed by atoms with Crippen LogP contribution in [0.15, 0.2) is 40.9 Å². The van der Waals surface area contributed by atoms with Crippen LogP contribution in [0.2, 0.25) is 0 Å². The first kappa shape index (κ1) is 18.2. The third-order valence-corrected chi connectivity index (χ3v) is 4.16. The number of esters is 3. The van der Waals surface area contributed by atoms with Gasteiger partial charge in [0.25, 0.3) is 0 Å². The molecule has 1 aromatic carbocycles. The highest BCUT2D eigenvalue weighted by Crippen LogP contribution is 2.45. The second-order valence-electron chi connectivity index (χ2n) is 5.08. The lowest BCUT2D eigenvalue weighted by Gasteiger charge is -2.28. The van der Waals surface area contributed by atoms with E-state index in [9.17, 15) is 14.4 Å². The van der Waals surface area contributed by atoms with E-state index in [1.807, 2.05) is 0 Å². The van der Waals surface area contributed by atoms with Crippen LogP contribution in [0.4, 0.5) is 0 Å². The number of cyclic esters (lactones) is 1. The molecule has 24 heavy (non-hydrogen) atoms. The minimum Gasteiger partial charge on any atom is -0.463 e. The zero-order valence-electron chi connectivity index (χ0n) is 13.3. The fourth-order valence-electron chi connectivity index (χ4n) is 2.60. The van der Waals surface area contributed by atoms with Gasteiger partial charge < -0.3 is 14.2 Å². The van der Waals surface area contributed by atoms with Gasteiger partial charge in [0, 0.05) is 10.0 Å². The van der Waals surface area contributed by atoms with Crippen LogP contribution in [-0.2, 0) is 28.6 Å². The highest BCUT2D eigenvalue weighted by molar-refractivity contribution is 9.10. The summed E-state index contributed by atoms with van der Waals surface area (Å²) in [6.45, 7) is 6.93. The molecule has 0 aliphatic carbocycles. The van der Waals surface area contributed by atoms with E-state index in [1.54, 1.807) is 38.1 Å². The van der Waals surface area contributed by atoms with Crippen LogP contribution in [0.1, 0.15) is 25.3 Å². The highest BCUT2D eigenvalue weighted by atomic mass is 79.9. The zero-order valence-corrected chi connectivity index (χ0v) is 14.9. The van der Waals surface area contributed by atoms with Crippen molar-refractivity contribution in [3.05, 3.63) is 46.5 Å². The Balaban J connectivity index is 2.62. The van der Waals surface area contributed by atoms with Crippen LogP contribution in [-0.4, -0.2) is 36.7 Å². The molecule has 0 amide bonds. The van der Waals surface area contributed by atoms with Crippen molar-refractivity contribution in [3.63, 3.8) is 0 Å². The molecule has 1 saturated heterocycles. The third-order valence-electron chi connectivity index (χ3n) is 3.63. The second-order valence-corrected chi connectivity index (χ2v) is 5.99. The summed E-state index contributed by atoms with van der Waals surface area (Å²) in [5, 5.41) is 0. The molecule has 7 heteroatoms. The number of hydrogen-bond donors (Lipinski definition) is 0. The van der Waals surface area contributed by atoms with Crippen molar-refractivity contribution in [2.45, 2.75) is 25.4 Å². The summed E-state index contributed by atoms with van der Waals surface area (Å²) in [6, 6.07) is 6.81. The largest absolute Gasteiger partial charge is 0.463 e. The molecular weight excluding hydrogens is 380 g/mol. The van der Waals surface area contributed by atoms with Crippen molar-refractivity contribution >= 4 is 33.8 Å². The van der Waals surface area contributed by atoms with Gasteiger partial charge in [-0.15, -0.1) is 0 Å². The van der Waals surface area contributed by atoms with Crippen LogP contribution in [0.5, 0.6) is 0 Å². The zero-order chi connectivity index (χ0) is 17.9. The lowest BCUT2D eigenvalue weighted by molar-refractivity contribution is -0.190. The maximum absolute atomic E-state index is 12.6. The van der Waals surface area contributed by atoms with Crippen molar-refractivity contribution in [1.29, 1.82) is 0 Å². The van der Waals surface area contributed by atoms with Crippen LogP contribution >= 0.6 is 15.9 Å². The third kappa shape index (κ3) is 2.96. The molecule has 1 fully saturated rings. The number of carbonyl (C=O) groups is 3. The molecule has 1 atom stereocenters. The van der Waals surface area contributed by atoms with Gasteiger partial charge in [0.15, 0.2) is 0 Å². The molecule has 0 radical (unpaired) electrons. The van der Waals surface area contributed by atoms with E-state index in [2.05, 4.69) is 22.5 Å². The van der Waals surface area contributed by atoms with E-state index in [4.69, 9.17) is 14.2 Å². The van der Waals surface area contributed by atoms with Crippen molar-refractivity contribution in [2.75, 3.05) is 13.2 Å². The Labute approximate surface area is 147 Å². The smallest absolute Gasteiger partial charge is 0.363 e. The molecule has 1 aromatic rings. The minimum atomic E-state index is -2.21. The van der Waals surface area contributed by atoms with Gasteiger partial charge in [-0.05, 0) is 31.5 Å². The average molecular weight is 397 g/mol. The van der Waals surface area contributed by atoms with Crippen LogP contribution in [0.3, 0.4) is 0 Å². The first-order valence-corrected chi connectivity index (χ1v) is 8.19. The number of ether oxygens (including phenoxy) is 3. The number of carbonyl (C=O) groups excluding carboxylic acids is 3. The first-order chi connectivity index (χ1) is 11.4. The van der Waals surface area contributed by atoms with Crippen molar-refractivity contribution in [3.8, 4) is 0 Å². The average Bonchev–Trinajstić information content (AvgIpc) is 2.82. The van der Waals surface area contributed by atoms with Crippen LogP contribution < -0.4 is 0 Å². The Hall–Kier alpha value is -2.15. The molecule has 0 saturated carbocycles. The van der Waals surface area contributed by atoms with Crippen molar-refractivity contribution < 1.29 is 28.6 Å². The molecule has 1 heterocycles.